The van der Waals surface area contributed by atoms with Crippen molar-refractivity contribution in [3.05, 3.63) is 35.9 Å². The van der Waals surface area contributed by atoms with Gasteiger partial charge < -0.3 is 14.9 Å². The maximum atomic E-state index is 10.2. The number of carboxylic acid groups (broad SMARTS) is 1. The zero-order valence-corrected chi connectivity index (χ0v) is 13.2. The van der Waals surface area contributed by atoms with E-state index in [1.54, 1.807) is 40.0 Å². The van der Waals surface area contributed by atoms with Gasteiger partial charge in [0, 0.05) is 11.6 Å². The predicted octanol–water partition coefficient (Wildman–Crippen LogP) is 3.60. The third kappa shape index (κ3) is 14.3. The van der Waals surface area contributed by atoms with Crippen molar-refractivity contribution in [2.45, 2.75) is 40.2 Å². The van der Waals surface area contributed by atoms with Crippen LogP contribution in [-0.4, -0.2) is 28.9 Å². The number of hydrogen-bond donors (Lipinski definition) is 2. The van der Waals surface area contributed by atoms with Crippen LogP contribution in [0.4, 0.5) is 0 Å². The predicted molar refractivity (Wildman–Crippen MR) is 83.0 cm³/mol. The number of hydrogen-bond acceptors (Lipinski definition) is 3. The summed E-state index contributed by atoms with van der Waals surface area (Å²) < 4.78 is 5.03. The molecule has 0 saturated carbocycles. The van der Waals surface area contributed by atoms with E-state index in [-0.39, 0.29) is 0 Å². The number of benzene rings is 1. The maximum absolute atomic E-state index is 10.2. The Hall–Kier alpha value is -1.81. The highest BCUT2D eigenvalue weighted by Crippen LogP contribution is 2.18. The van der Waals surface area contributed by atoms with E-state index in [1.807, 2.05) is 26.0 Å². The Bertz CT molecular complexity index is 397. The molecule has 0 aliphatic rings. The molecule has 20 heavy (non-hydrogen) atoms. The van der Waals surface area contributed by atoms with Crippen molar-refractivity contribution in [3.8, 4) is 5.75 Å². The van der Waals surface area contributed by atoms with Crippen molar-refractivity contribution >= 4 is 12.0 Å². The molecule has 1 aromatic carbocycles. The van der Waals surface area contributed by atoms with Gasteiger partial charge in [-0.25, -0.2) is 4.79 Å². The second kappa shape index (κ2) is 11.1. The lowest BCUT2D eigenvalue weighted by atomic mass is 10.2. The van der Waals surface area contributed by atoms with Crippen LogP contribution in [0.2, 0.25) is 0 Å². The van der Waals surface area contributed by atoms with Gasteiger partial charge in [-0.2, -0.15) is 0 Å². The summed E-state index contributed by atoms with van der Waals surface area (Å²) in [7, 11) is 1.55. The molecule has 1 aromatic rings. The lowest BCUT2D eigenvalue weighted by molar-refractivity contribution is -0.131. The first-order valence-electron chi connectivity index (χ1n) is 6.50. The topological polar surface area (TPSA) is 66.8 Å². The van der Waals surface area contributed by atoms with Gasteiger partial charge in [-0.15, -0.1) is 0 Å². The number of carboxylic acids is 1. The van der Waals surface area contributed by atoms with E-state index < -0.39 is 11.6 Å². The first-order chi connectivity index (χ1) is 9.24. The molecule has 4 nitrogen and oxygen atoms in total. The minimum Gasteiger partial charge on any atom is -0.496 e. The summed E-state index contributed by atoms with van der Waals surface area (Å²) in [6.45, 7) is 9.23. The fourth-order valence-electron chi connectivity index (χ4n) is 0.965. The lowest BCUT2D eigenvalue weighted by Crippen LogP contribution is -2.10. The monoisotopic (exact) mass is 282 g/mol. The number of aliphatic hydroxyl groups is 1. The summed E-state index contributed by atoms with van der Waals surface area (Å²) in [5, 5.41) is 16.9. The maximum Gasteiger partial charge on any atom is 0.328 e. The molecule has 0 heterocycles. The smallest absolute Gasteiger partial charge is 0.328 e. The number of aliphatic carboxylic acids is 1. The van der Waals surface area contributed by atoms with Gasteiger partial charge in [0.25, 0.3) is 0 Å². The highest BCUT2D eigenvalue weighted by molar-refractivity contribution is 5.85. The summed E-state index contributed by atoms with van der Waals surface area (Å²) in [6.07, 6.45) is 2.58. The number of methoxy groups -OCH3 is 1. The summed E-state index contributed by atoms with van der Waals surface area (Å²) in [6, 6.07) is 7.22. The normalized spacial score (nSPS) is 9.95. The van der Waals surface area contributed by atoms with Crippen LogP contribution >= 0.6 is 0 Å². The molecule has 2 N–H and O–H groups in total. The molecule has 0 atom stereocenters. The van der Waals surface area contributed by atoms with E-state index >= 15 is 0 Å². The molecule has 0 bridgehead atoms. The van der Waals surface area contributed by atoms with E-state index in [4.69, 9.17) is 14.9 Å². The van der Waals surface area contributed by atoms with Crippen LogP contribution < -0.4 is 4.74 Å². The Balaban J connectivity index is 0. The average molecular weight is 282 g/mol. The van der Waals surface area contributed by atoms with Gasteiger partial charge in [0.2, 0.25) is 0 Å². The van der Waals surface area contributed by atoms with E-state index in [0.717, 1.165) is 11.6 Å². The molecule has 0 unspecified atom stereocenters. The fraction of sp³-hybridized carbons (Fsp3) is 0.438. The van der Waals surface area contributed by atoms with Crippen molar-refractivity contribution in [2.24, 2.45) is 0 Å². The summed E-state index contributed by atoms with van der Waals surface area (Å²) >= 11 is 0. The molecule has 0 aliphatic carbocycles. The number of carbonyl (C=O) groups is 1. The van der Waals surface area contributed by atoms with Gasteiger partial charge in [0.1, 0.15) is 5.75 Å². The molecular weight excluding hydrogens is 256 g/mol. The molecular formula is C16H26O4. The van der Waals surface area contributed by atoms with Crippen molar-refractivity contribution < 1.29 is 19.7 Å². The summed E-state index contributed by atoms with van der Waals surface area (Å²) in [5.74, 6) is -0.300. The molecule has 0 aromatic heterocycles. The summed E-state index contributed by atoms with van der Waals surface area (Å²) in [4.78, 5) is 10.2. The Morgan fingerprint density at radius 3 is 2.05 bits per heavy atom. The van der Waals surface area contributed by atoms with Gasteiger partial charge in [-0.1, -0.05) is 32.0 Å². The standard InChI is InChI=1S/C10H10O3.C4H10O.C2H6/c1-13-9-5-3-2-4-8(9)6-7-10(11)12;1-4(2,3)5;1-2/h2-7H,1H3,(H,11,12);5H,1-3H3;1-2H3/b7-6+;;. The molecule has 0 aliphatic heterocycles. The van der Waals surface area contributed by atoms with Gasteiger partial charge in [0.15, 0.2) is 0 Å². The molecule has 4 heteroatoms. The van der Waals surface area contributed by atoms with Gasteiger partial charge in [-0.05, 0) is 32.9 Å². The van der Waals surface area contributed by atoms with Crippen molar-refractivity contribution in [1.29, 1.82) is 0 Å². The van der Waals surface area contributed by atoms with Crippen LogP contribution in [0.15, 0.2) is 30.3 Å². The second-order valence-corrected chi connectivity index (χ2v) is 4.58. The quantitative estimate of drug-likeness (QED) is 0.831. The van der Waals surface area contributed by atoms with Crippen LogP contribution in [0.5, 0.6) is 5.75 Å². The number of ether oxygens (including phenoxy) is 1. The van der Waals surface area contributed by atoms with Gasteiger partial charge >= 0.3 is 5.97 Å². The largest absolute Gasteiger partial charge is 0.496 e. The molecule has 0 amide bonds. The van der Waals surface area contributed by atoms with Crippen LogP contribution in [0.1, 0.15) is 40.2 Å². The van der Waals surface area contributed by atoms with E-state index in [1.165, 1.54) is 6.08 Å². The van der Waals surface area contributed by atoms with Crippen LogP contribution in [-0.2, 0) is 4.79 Å². The Kier molecular flexibility index (Phi) is 11.3. The van der Waals surface area contributed by atoms with E-state index in [0.29, 0.717) is 5.75 Å². The minimum atomic E-state index is -0.967. The third-order valence-electron chi connectivity index (χ3n) is 1.54. The highest BCUT2D eigenvalue weighted by atomic mass is 16.5. The Labute approximate surface area is 121 Å². The van der Waals surface area contributed by atoms with Crippen LogP contribution in [0, 0.1) is 0 Å². The second-order valence-electron chi connectivity index (χ2n) is 4.58. The molecule has 0 spiro atoms. The Morgan fingerprint density at radius 2 is 1.65 bits per heavy atom. The minimum absolute atomic E-state index is 0.500. The molecule has 0 fully saturated rings. The van der Waals surface area contributed by atoms with Crippen molar-refractivity contribution in [3.63, 3.8) is 0 Å². The van der Waals surface area contributed by atoms with E-state index in [2.05, 4.69) is 0 Å². The molecule has 114 valence electrons. The SMILES string of the molecule is CC.CC(C)(C)O.COc1ccccc1/C=C/C(=O)O. The third-order valence-corrected chi connectivity index (χ3v) is 1.54. The van der Waals surface area contributed by atoms with Gasteiger partial charge in [0.05, 0.1) is 12.7 Å². The van der Waals surface area contributed by atoms with Crippen LogP contribution in [0.3, 0.4) is 0 Å². The number of para-hydroxylation sites is 1. The number of rotatable bonds is 3. The zero-order chi connectivity index (χ0) is 16.2. The summed E-state index contributed by atoms with van der Waals surface area (Å²) in [5.41, 5.74) is 0.257. The van der Waals surface area contributed by atoms with Crippen LogP contribution in [0.25, 0.3) is 6.08 Å². The molecule has 0 saturated heterocycles. The average Bonchev–Trinajstić information content (AvgIpc) is 2.37. The molecule has 0 radical (unpaired) electrons. The van der Waals surface area contributed by atoms with Crippen molar-refractivity contribution in [1.82, 2.24) is 0 Å². The lowest BCUT2D eigenvalue weighted by Gasteiger charge is -2.04. The van der Waals surface area contributed by atoms with Gasteiger partial charge in [-0.3, -0.25) is 0 Å². The highest BCUT2D eigenvalue weighted by Gasteiger charge is 1.98. The first-order valence-corrected chi connectivity index (χ1v) is 6.50. The first kappa shape index (κ1) is 20.5. The fourth-order valence-corrected chi connectivity index (χ4v) is 0.965. The van der Waals surface area contributed by atoms with Crippen molar-refractivity contribution in [2.75, 3.05) is 7.11 Å². The molecule has 1 rings (SSSR count). The Morgan fingerprint density at radius 1 is 1.20 bits per heavy atom. The zero-order valence-electron chi connectivity index (χ0n) is 13.2. The van der Waals surface area contributed by atoms with E-state index in [9.17, 15) is 4.79 Å².